The summed E-state index contributed by atoms with van der Waals surface area (Å²) in [4.78, 5) is 19.3. The lowest BCUT2D eigenvalue weighted by atomic mass is 10.2. The van der Waals surface area contributed by atoms with Crippen molar-refractivity contribution in [3.63, 3.8) is 0 Å². The summed E-state index contributed by atoms with van der Waals surface area (Å²) in [7, 11) is -3.76. The quantitative estimate of drug-likeness (QED) is 0.674. The van der Waals surface area contributed by atoms with E-state index in [0.29, 0.717) is 11.4 Å². The van der Waals surface area contributed by atoms with E-state index in [9.17, 15) is 13.2 Å². The lowest BCUT2D eigenvalue weighted by molar-refractivity contribution is 0.0943. The predicted molar refractivity (Wildman–Crippen MR) is 109 cm³/mol. The maximum atomic E-state index is 12.7. The summed E-state index contributed by atoms with van der Waals surface area (Å²) in [5.74, 6) is 0.277. The number of pyridine rings is 1. The second-order valence-electron chi connectivity index (χ2n) is 6.88. The topological polar surface area (TPSA) is 103 Å². The summed E-state index contributed by atoms with van der Waals surface area (Å²) in [6.45, 7) is 6.80. The minimum Gasteiger partial charge on any atom is -0.353 e. The largest absolute Gasteiger partial charge is 0.353 e. The van der Waals surface area contributed by atoms with Gasteiger partial charge in [0, 0.05) is 32.2 Å². The van der Waals surface area contributed by atoms with Crippen molar-refractivity contribution in [1.29, 1.82) is 0 Å². The molecule has 2 heterocycles. The van der Waals surface area contributed by atoms with Crippen LogP contribution in [-0.2, 0) is 10.0 Å². The van der Waals surface area contributed by atoms with Gasteiger partial charge >= 0.3 is 0 Å². The number of hydrogen-bond donors (Lipinski definition) is 3. The summed E-state index contributed by atoms with van der Waals surface area (Å²) in [5, 5.41) is 6.13. The first-order valence-corrected chi connectivity index (χ1v) is 10.7. The molecule has 1 amide bonds. The molecule has 1 aromatic heterocycles. The molecule has 1 aliphatic rings. The van der Waals surface area contributed by atoms with E-state index in [1.807, 2.05) is 18.7 Å². The lowest BCUT2D eigenvalue weighted by Crippen LogP contribution is -2.45. The van der Waals surface area contributed by atoms with Crippen molar-refractivity contribution in [2.45, 2.75) is 24.8 Å². The molecular weight excluding hydrogens is 378 g/mol. The van der Waals surface area contributed by atoms with Crippen LogP contribution in [0.3, 0.4) is 0 Å². The molecule has 0 bridgehead atoms. The number of piperazine rings is 1. The van der Waals surface area contributed by atoms with Gasteiger partial charge in [0.1, 0.15) is 5.82 Å². The molecule has 28 heavy (non-hydrogen) atoms. The number of nitrogens with zero attached hydrogens (tertiary/aromatic N) is 2. The standard InChI is InChI=1S/C19H25N5O3S/c1-14(2)22-19(25)17-12-15(13-21-18(17)24-10-8-20-9-11-24)23-28(26,27)16-6-4-3-5-7-16/h3-7,12-14,20,23H,8-11H2,1-2H3,(H,22,25). The highest BCUT2D eigenvalue weighted by molar-refractivity contribution is 7.92. The normalized spacial score (nSPS) is 14.8. The van der Waals surface area contributed by atoms with Gasteiger partial charge in [-0.05, 0) is 32.0 Å². The Morgan fingerprint density at radius 1 is 1.18 bits per heavy atom. The van der Waals surface area contributed by atoms with Crippen molar-refractivity contribution in [3.8, 4) is 0 Å². The molecule has 2 aromatic rings. The first-order chi connectivity index (χ1) is 13.4. The number of nitrogens with one attached hydrogen (secondary N) is 3. The van der Waals surface area contributed by atoms with E-state index in [4.69, 9.17) is 0 Å². The maximum Gasteiger partial charge on any atom is 0.261 e. The molecule has 0 saturated carbocycles. The van der Waals surface area contributed by atoms with Gasteiger partial charge in [0.2, 0.25) is 0 Å². The van der Waals surface area contributed by atoms with Gasteiger partial charge in [-0.1, -0.05) is 18.2 Å². The Kier molecular flexibility index (Phi) is 6.15. The minimum atomic E-state index is -3.76. The van der Waals surface area contributed by atoms with E-state index < -0.39 is 10.0 Å². The average Bonchev–Trinajstić information content (AvgIpc) is 2.68. The lowest BCUT2D eigenvalue weighted by Gasteiger charge is -2.30. The third kappa shape index (κ3) is 4.79. The van der Waals surface area contributed by atoms with Crippen LogP contribution in [0, 0.1) is 0 Å². The molecule has 0 spiro atoms. The van der Waals surface area contributed by atoms with Crippen LogP contribution in [-0.4, -0.2) is 51.5 Å². The third-order valence-electron chi connectivity index (χ3n) is 4.25. The molecule has 1 aliphatic heterocycles. The third-order valence-corrected chi connectivity index (χ3v) is 5.65. The van der Waals surface area contributed by atoms with E-state index >= 15 is 0 Å². The van der Waals surface area contributed by atoms with Gasteiger partial charge in [0.25, 0.3) is 15.9 Å². The molecule has 0 unspecified atom stereocenters. The van der Waals surface area contributed by atoms with E-state index in [2.05, 4.69) is 20.3 Å². The van der Waals surface area contributed by atoms with Crippen molar-refractivity contribution < 1.29 is 13.2 Å². The Morgan fingerprint density at radius 3 is 2.50 bits per heavy atom. The second kappa shape index (κ2) is 8.57. The van der Waals surface area contributed by atoms with E-state index in [-0.39, 0.29) is 22.5 Å². The van der Waals surface area contributed by atoms with Gasteiger partial charge in [-0.15, -0.1) is 0 Å². The SMILES string of the molecule is CC(C)NC(=O)c1cc(NS(=O)(=O)c2ccccc2)cnc1N1CCNCC1. The monoisotopic (exact) mass is 403 g/mol. The fourth-order valence-electron chi connectivity index (χ4n) is 2.96. The second-order valence-corrected chi connectivity index (χ2v) is 8.56. The highest BCUT2D eigenvalue weighted by Crippen LogP contribution is 2.24. The number of sulfonamides is 1. The number of benzene rings is 1. The van der Waals surface area contributed by atoms with Crippen LogP contribution in [0.25, 0.3) is 0 Å². The van der Waals surface area contributed by atoms with Crippen LogP contribution >= 0.6 is 0 Å². The number of carbonyl (C=O) groups excluding carboxylic acids is 1. The maximum absolute atomic E-state index is 12.7. The summed E-state index contributed by atoms with van der Waals surface area (Å²) in [6.07, 6.45) is 1.45. The molecular formula is C19H25N5O3S. The summed E-state index contributed by atoms with van der Waals surface area (Å²) < 4.78 is 27.7. The minimum absolute atomic E-state index is 0.0481. The van der Waals surface area contributed by atoms with Crippen LogP contribution in [0.2, 0.25) is 0 Å². The first kappa shape index (κ1) is 20.1. The van der Waals surface area contributed by atoms with E-state index in [1.54, 1.807) is 24.3 Å². The first-order valence-electron chi connectivity index (χ1n) is 9.21. The molecule has 1 fully saturated rings. The number of carbonyl (C=O) groups is 1. The highest BCUT2D eigenvalue weighted by Gasteiger charge is 2.22. The van der Waals surface area contributed by atoms with Crippen LogP contribution in [0.4, 0.5) is 11.5 Å². The number of anilines is 2. The van der Waals surface area contributed by atoms with Gasteiger partial charge < -0.3 is 15.5 Å². The number of amides is 1. The molecule has 9 heteroatoms. The van der Waals surface area contributed by atoms with Crippen molar-refractivity contribution in [2.75, 3.05) is 35.8 Å². The van der Waals surface area contributed by atoms with Crippen LogP contribution < -0.4 is 20.3 Å². The zero-order chi connectivity index (χ0) is 20.1. The van der Waals surface area contributed by atoms with Crippen molar-refractivity contribution in [3.05, 3.63) is 48.2 Å². The molecule has 1 saturated heterocycles. The fraction of sp³-hybridized carbons (Fsp3) is 0.368. The number of rotatable bonds is 6. The molecule has 150 valence electrons. The Bertz CT molecular complexity index is 926. The van der Waals surface area contributed by atoms with Crippen LogP contribution in [0.5, 0.6) is 0 Å². The Labute approximate surface area is 165 Å². The van der Waals surface area contributed by atoms with Crippen LogP contribution in [0.1, 0.15) is 24.2 Å². The molecule has 3 N–H and O–H groups in total. The van der Waals surface area contributed by atoms with Gasteiger partial charge in [-0.3, -0.25) is 9.52 Å². The van der Waals surface area contributed by atoms with Crippen molar-refractivity contribution in [2.24, 2.45) is 0 Å². The molecule has 0 aliphatic carbocycles. The summed E-state index contributed by atoms with van der Waals surface area (Å²) in [5.41, 5.74) is 0.598. The van der Waals surface area contributed by atoms with Gasteiger partial charge in [0.05, 0.1) is 22.3 Å². The Hall–Kier alpha value is -2.65. The average molecular weight is 404 g/mol. The van der Waals surface area contributed by atoms with E-state index in [1.165, 1.54) is 18.3 Å². The molecule has 3 rings (SSSR count). The van der Waals surface area contributed by atoms with Gasteiger partial charge in [0.15, 0.2) is 0 Å². The fourth-order valence-corrected chi connectivity index (χ4v) is 4.02. The number of aromatic nitrogens is 1. The molecule has 0 atom stereocenters. The Morgan fingerprint density at radius 2 is 1.86 bits per heavy atom. The van der Waals surface area contributed by atoms with Crippen molar-refractivity contribution in [1.82, 2.24) is 15.6 Å². The zero-order valence-corrected chi connectivity index (χ0v) is 16.8. The van der Waals surface area contributed by atoms with E-state index in [0.717, 1.165) is 26.2 Å². The van der Waals surface area contributed by atoms with Gasteiger partial charge in [-0.25, -0.2) is 13.4 Å². The smallest absolute Gasteiger partial charge is 0.261 e. The molecule has 0 radical (unpaired) electrons. The van der Waals surface area contributed by atoms with Gasteiger partial charge in [-0.2, -0.15) is 0 Å². The predicted octanol–water partition coefficient (Wildman–Crippen LogP) is 1.43. The Balaban J connectivity index is 1.93. The molecule has 8 nitrogen and oxygen atoms in total. The van der Waals surface area contributed by atoms with Crippen LogP contribution in [0.15, 0.2) is 47.5 Å². The summed E-state index contributed by atoms with van der Waals surface area (Å²) in [6, 6.07) is 9.57. The molecule has 1 aromatic carbocycles. The van der Waals surface area contributed by atoms with Crippen molar-refractivity contribution >= 4 is 27.4 Å². The zero-order valence-electron chi connectivity index (χ0n) is 16.0. The summed E-state index contributed by atoms with van der Waals surface area (Å²) >= 11 is 0. The number of hydrogen-bond acceptors (Lipinski definition) is 6. The highest BCUT2D eigenvalue weighted by atomic mass is 32.2.